The molecule has 1 aromatic heterocycles. The van der Waals surface area contributed by atoms with Crippen molar-refractivity contribution >= 4 is 23.4 Å². The number of aromatic nitrogens is 2. The lowest BCUT2D eigenvalue weighted by molar-refractivity contribution is -0.132. The number of aliphatic hydroxyl groups is 1. The van der Waals surface area contributed by atoms with Gasteiger partial charge in [0, 0.05) is 39.0 Å². The van der Waals surface area contributed by atoms with Gasteiger partial charge in [-0.2, -0.15) is 5.10 Å². The Morgan fingerprint density at radius 2 is 2.04 bits per heavy atom. The fraction of sp³-hybridized carbons (Fsp3) is 0.615. The molecule has 0 radical (unpaired) electrons. The van der Waals surface area contributed by atoms with E-state index in [2.05, 4.69) is 10.2 Å². The zero-order chi connectivity index (χ0) is 17.0. The summed E-state index contributed by atoms with van der Waals surface area (Å²) in [7, 11) is 0. The molecule has 128 valence electrons. The van der Waals surface area contributed by atoms with Crippen molar-refractivity contribution in [2.45, 2.75) is 25.4 Å². The zero-order valence-corrected chi connectivity index (χ0v) is 13.0. The predicted octanol–water partition coefficient (Wildman–Crippen LogP) is 0.754. The molecule has 2 N–H and O–H groups in total. The summed E-state index contributed by atoms with van der Waals surface area (Å²) in [6.07, 6.45) is -3.01. The van der Waals surface area contributed by atoms with Gasteiger partial charge in [0.05, 0.1) is 17.3 Å². The van der Waals surface area contributed by atoms with Gasteiger partial charge in [-0.15, -0.1) is 0 Å². The molecule has 7 nitrogen and oxygen atoms in total. The van der Waals surface area contributed by atoms with Crippen molar-refractivity contribution in [3.63, 3.8) is 0 Å². The fourth-order valence-corrected chi connectivity index (χ4v) is 2.54. The van der Waals surface area contributed by atoms with Crippen molar-refractivity contribution in [1.82, 2.24) is 20.0 Å². The number of halogens is 3. The maximum atomic E-state index is 12.3. The van der Waals surface area contributed by atoms with E-state index < -0.39 is 30.8 Å². The molecule has 1 atom stereocenters. The van der Waals surface area contributed by atoms with Crippen molar-refractivity contribution in [2.24, 2.45) is 0 Å². The molecule has 0 spiro atoms. The quantitative estimate of drug-likeness (QED) is 0.838. The molecule has 2 amide bonds. The molecule has 1 saturated heterocycles. The number of alkyl halides is 2. The summed E-state index contributed by atoms with van der Waals surface area (Å²) in [6.45, 7) is 0.359. The average Bonchev–Trinajstić information content (AvgIpc) is 2.82. The lowest BCUT2D eigenvalue weighted by atomic mass is 10.2. The minimum Gasteiger partial charge on any atom is -0.389 e. The Hall–Kier alpha value is -1.74. The Morgan fingerprint density at radius 1 is 1.39 bits per heavy atom. The van der Waals surface area contributed by atoms with E-state index in [1.165, 1.54) is 16.0 Å². The van der Waals surface area contributed by atoms with Crippen LogP contribution in [0.3, 0.4) is 0 Å². The van der Waals surface area contributed by atoms with Gasteiger partial charge in [0.25, 0.3) is 5.91 Å². The predicted molar refractivity (Wildman–Crippen MR) is 77.3 cm³/mol. The minimum atomic E-state index is -2.54. The first kappa shape index (κ1) is 17.6. The minimum absolute atomic E-state index is 0.00254. The van der Waals surface area contributed by atoms with Gasteiger partial charge in [0.2, 0.25) is 12.3 Å². The maximum Gasteiger partial charge on any atom is 0.273 e. The first-order chi connectivity index (χ1) is 10.9. The smallest absolute Gasteiger partial charge is 0.273 e. The Balaban J connectivity index is 1.99. The molecule has 0 bridgehead atoms. The van der Waals surface area contributed by atoms with E-state index in [-0.39, 0.29) is 43.3 Å². The van der Waals surface area contributed by atoms with Gasteiger partial charge in [0.1, 0.15) is 5.69 Å². The highest BCUT2D eigenvalue weighted by atomic mass is 35.5. The molecule has 1 unspecified atom stereocenters. The molecule has 0 aliphatic carbocycles. The monoisotopic (exact) mass is 350 g/mol. The van der Waals surface area contributed by atoms with Crippen LogP contribution in [-0.4, -0.2) is 75.6 Å². The third-order valence-electron chi connectivity index (χ3n) is 3.53. The van der Waals surface area contributed by atoms with Crippen LogP contribution >= 0.6 is 11.6 Å². The normalized spacial score (nSPS) is 19.1. The number of aliphatic hydroxyl groups excluding tert-OH is 1. The van der Waals surface area contributed by atoms with Gasteiger partial charge < -0.3 is 14.9 Å². The number of aromatic amines is 1. The number of amides is 2. The third kappa shape index (κ3) is 4.61. The molecule has 23 heavy (non-hydrogen) atoms. The second kappa shape index (κ2) is 7.69. The summed E-state index contributed by atoms with van der Waals surface area (Å²) in [4.78, 5) is 26.9. The molecule has 1 aliphatic rings. The lowest BCUT2D eigenvalue weighted by Gasteiger charge is -2.21. The summed E-state index contributed by atoms with van der Waals surface area (Å²) >= 11 is 5.84. The highest BCUT2D eigenvalue weighted by Crippen LogP contribution is 2.16. The first-order valence-electron chi connectivity index (χ1n) is 7.10. The summed E-state index contributed by atoms with van der Waals surface area (Å²) in [5.41, 5.74) is 0.108. The summed E-state index contributed by atoms with van der Waals surface area (Å²) < 4.78 is 24.4. The van der Waals surface area contributed by atoms with Gasteiger partial charge in [-0.1, -0.05) is 11.6 Å². The molecule has 0 aromatic carbocycles. The number of hydrogen-bond acceptors (Lipinski definition) is 4. The number of carbonyl (C=O) groups excluding carboxylic acids is 2. The highest BCUT2D eigenvalue weighted by molar-refractivity contribution is 6.33. The molecular formula is C13H17ClF2N4O3. The lowest BCUT2D eigenvalue weighted by Crippen LogP contribution is -2.38. The van der Waals surface area contributed by atoms with Crippen LogP contribution in [0.2, 0.25) is 5.02 Å². The molecule has 1 fully saturated rings. The standard InChI is InChI=1S/C13H17ClF2N4O3/c14-9-5-17-18-12(9)13(23)20-4-3-19(6-8(21)7-20)11(22)2-1-10(15)16/h5,8,10,21H,1-4,6-7H2,(H,17,18). The molecule has 0 saturated carbocycles. The Kier molecular flexibility index (Phi) is 5.89. The molecule has 2 heterocycles. The van der Waals surface area contributed by atoms with Gasteiger partial charge >= 0.3 is 0 Å². The number of nitrogens with zero attached hydrogens (tertiary/aromatic N) is 3. The SMILES string of the molecule is O=C(CCC(F)F)N1CCN(C(=O)c2[nH]ncc2Cl)CC(O)C1. The van der Waals surface area contributed by atoms with Crippen molar-refractivity contribution in [2.75, 3.05) is 26.2 Å². The third-order valence-corrected chi connectivity index (χ3v) is 3.81. The molecule has 1 aromatic rings. The number of nitrogens with one attached hydrogen (secondary N) is 1. The number of hydrogen-bond donors (Lipinski definition) is 2. The number of rotatable bonds is 4. The van der Waals surface area contributed by atoms with Crippen LogP contribution in [0.4, 0.5) is 8.78 Å². The topological polar surface area (TPSA) is 89.5 Å². The van der Waals surface area contributed by atoms with Gasteiger partial charge in [0.15, 0.2) is 0 Å². The average molecular weight is 351 g/mol. The van der Waals surface area contributed by atoms with Crippen LogP contribution in [0, 0.1) is 0 Å². The van der Waals surface area contributed by atoms with Crippen LogP contribution in [0.5, 0.6) is 0 Å². The largest absolute Gasteiger partial charge is 0.389 e. The number of β-amino-alcohol motifs (C(OH)–C–C–N with tert-alkyl or cyclic N) is 1. The van der Waals surface area contributed by atoms with Crippen molar-refractivity contribution in [3.05, 3.63) is 16.9 Å². The van der Waals surface area contributed by atoms with E-state index in [1.807, 2.05) is 0 Å². The van der Waals surface area contributed by atoms with Crippen LogP contribution in [0.25, 0.3) is 0 Å². The number of carbonyl (C=O) groups is 2. The zero-order valence-electron chi connectivity index (χ0n) is 12.2. The van der Waals surface area contributed by atoms with E-state index in [9.17, 15) is 23.5 Å². The van der Waals surface area contributed by atoms with Crippen molar-refractivity contribution < 1.29 is 23.5 Å². The highest BCUT2D eigenvalue weighted by Gasteiger charge is 2.29. The van der Waals surface area contributed by atoms with E-state index >= 15 is 0 Å². The van der Waals surface area contributed by atoms with E-state index in [0.29, 0.717) is 0 Å². The van der Waals surface area contributed by atoms with Crippen LogP contribution in [0.1, 0.15) is 23.3 Å². The second-order valence-corrected chi connectivity index (χ2v) is 5.67. The number of H-pyrrole nitrogens is 1. The van der Waals surface area contributed by atoms with E-state index in [1.54, 1.807) is 0 Å². The van der Waals surface area contributed by atoms with E-state index in [0.717, 1.165) is 0 Å². The van der Waals surface area contributed by atoms with Crippen LogP contribution in [-0.2, 0) is 4.79 Å². The van der Waals surface area contributed by atoms with Gasteiger partial charge in [-0.25, -0.2) is 8.78 Å². The van der Waals surface area contributed by atoms with E-state index in [4.69, 9.17) is 11.6 Å². The second-order valence-electron chi connectivity index (χ2n) is 5.27. The molecule has 10 heteroatoms. The molecule has 2 rings (SSSR count). The maximum absolute atomic E-state index is 12.3. The van der Waals surface area contributed by atoms with Crippen LogP contribution in [0.15, 0.2) is 6.20 Å². The fourth-order valence-electron chi connectivity index (χ4n) is 2.37. The van der Waals surface area contributed by atoms with Gasteiger partial charge in [-0.05, 0) is 0 Å². The Labute approximate surface area is 136 Å². The molecule has 1 aliphatic heterocycles. The summed E-state index contributed by atoms with van der Waals surface area (Å²) in [5.74, 6) is -0.897. The van der Waals surface area contributed by atoms with Crippen LogP contribution < -0.4 is 0 Å². The van der Waals surface area contributed by atoms with Crippen molar-refractivity contribution in [3.8, 4) is 0 Å². The first-order valence-corrected chi connectivity index (χ1v) is 7.48. The van der Waals surface area contributed by atoms with Crippen molar-refractivity contribution in [1.29, 1.82) is 0 Å². The van der Waals surface area contributed by atoms with Gasteiger partial charge in [-0.3, -0.25) is 14.7 Å². The Bertz CT molecular complexity index is 569. The summed E-state index contributed by atoms with van der Waals surface area (Å²) in [5, 5.41) is 16.3. The molecular weight excluding hydrogens is 334 g/mol. The summed E-state index contributed by atoms with van der Waals surface area (Å²) in [6, 6.07) is 0. The Morgan fingerprint density at radius 3 is 2.65 bits per heavy atom.